The summed E-state index contributed by atoms with van der Waals surface area (Å²) < 4.78 is 0. The Balaban J connectivity index is 1.88. The Morgan fingerprint density at radius 2 is 1.31 bits per heavy atom. The van der Waals surface area contributed by atoms with Gasteiger partial charge in [0.15, 0.2) is 0 Å². The molecule has 13 heavy (non-hydrogen) atoms. The molecule has 0 aromatic rings. The van der Waals surface area contributed by atoms with Gasteiger partial charge in [-0.05, 0) is 24.7 Å². The maximum absolute atomic E-state index is 9.92. The van der Waals surface area contributed by atoms with Gasteiger partial charge in [0, 0.05) is 0 Å². The Morgan fingerprint density at radius 3 is 2.00 bits per heavy atom. The van der Waals surface area contributed by atoms with Crippen LogP contribution >= 0.6 is 0 Å². The largest absolute Gasteiger partial charge is 0.393 e. The Kier molecular flexibility index (Phi) is 3.26. The second kappa shape index (κ2) is 4.45. The highest BCUT2D eigenvalue weighted by Gasteiger charge is 2.30. The number of hydrogen-bond acceptors (Lipinski definition) is 1. The van der Waals surface area contributed by atoms with Crippen molar-refractivity contribution in [3.63, 3.8) is 0 Å². The van der Waals surface area contributed by atoms with E-state index in [0.29, 0.717) is 5.92 Å². The molecule has 0 aromatic heterocycles. The first-order chi connectivity index (χ1) is 6.38. The second-order valence-corrected chi connectivity index (χ2v) is 4.91. The molecule has 0 aliphatic heterocycles. The van der Waals surface area contributed by atoms with E-state index < -0.39 is 0 Å². The molecule has 2 aliphatic rings. The van der Waals surface area contributed by atoms with Crippen molar-refractivity contribution in [2.45, 2.75) is 63.9 Å². The smallest absolute Gasteiger partial charge is 0.0571 e. The normalized spacial score (nSPS) is 37.6. The lowest BCUT2D eigenvalue weighted by molar-refractivity contribution is 0.0257. The van der Waals surface area contributed by atoms with Gasteiger partial charge in [0.05, 0.1) is 6.10 Å². The summed E-state index contributed by atoms with van der Waals surface area (Å²) in [5.74, 6) is 1.53. The monoisotopic (exact) mass is 182 g/mol. The van der Waals surface area contributed by atoms with Gasteiger partial charge in [0.1, 0.15) is 0 Å². The number of aliphatic hydroxyl groups excluding tert-OH is 1. The van der Waals surface area contributed by atoms with Crippen molar-refractivity contribution in [2.75, 3.05) is 0 Å². The zero-order chi connectivity index (χ0) is 9.10. The third-order valence-corrected chi connectivity index (χ3v) is 4.04. The molecule has 1 nitrogen and oxygen atoms in total. The fourth-order valence-electron chi connectivity index (χ4n) is 3.25. The summed E-state index contributed by atoms with van der Waals surface area (Å²) in [5.41, 5.74) is 0. The molecule has 0 saturated heterocycles. The number of hydrogen-bond donors (Lipinski definition) is 1. The van der Waals surface area contributed by atoms with E-state index in [9.17, 15) is 5.11 Å². The van der Waals surface area contributed by atoms with Gasteiger partial charge in [-0.1, -0.05) is 44.9 Å². The SMILES string of the molecule is O[C@@H]1CCCC[C@H]1C1CCCCC1. The molecule has 2 saturated carbocycles. The van der Waals surface area contributed by atoms with Crippen LogP contribution < -0.4 is 0 Å². The molecule has 0 spiro atoms. The molecule has 0 amide bonds. The van der Waals surface area contributed by atoms with Gasteiger partial charge < -0.3 is 5.11 Å². The number of rotatable bonds is 1. The summed E-state index contributed by atoms with van der Waals surface area (Å²) >= 11 is 0. The molecule has 76 valence electrons. The predicted octanol–water partition coefficient (Wildman–Crippen LogP) is 3.12. The van der Waals surface area contributed by atoms with Crippen molar-refractivity contribution in [1.29, 1.82) is 0 Å². The summed E-state index contributed by atoms with van der Waals surface area (Å²) in [6.07, 6.45) is 12.1. The van der Waals surface area contributed by atoms with Crippen LogP contribution in [-0.2, 0) is 0 Å². The maximum Gasteiger partial charge on any atom is 0.0571 e. The van der Waals surface area contributed by atoms with E-state index >= 15 is 0 Å². The summed E-state index contributed by atoms with van der Waals surface area (Å²) in [4.78, 5) is 0. The summed E-state index contributed by atoms with van der Waals surface area (Å²) in [6, 6.07) is 0. The Morgan fingerprint density at radius 1 is 0.692 bits per heavy atom. The highest BCUT2D eigenvalue weighted by molar-refractivity contribution is 4.82. The average molecular weight is 182 g/mol. The minimum absolute atomic E-state index is 0.0387. The van der Waals surface area contributed by atoms with Crippen LogP contribution in [0.3, 0.4) is 0 Å². The molecule has 2 fully saturated rings. The quantitative estimate of drug-likeness (QED) is 0.660. The van der Waals surface area contributed by atoms with Crippen LogP contribution in [0.15, 0.2) is 0 Å². The minimum atomic E-state index is 0.0387. The van der Waals surface area contributed by atoms with Crippen molar-refractivity contribution in [3.05, 3.63) is 0 Å². The molecule has 1 N–H and O–H groups in total. The van der Waals surface area contributed by atoms with Gasteiger partial charge in [0.25, 0.3) is 0 Å². The minimum Gasteiger partial charge on any atom is -0.393 e. The lowest BCUT2D eigenvalue weighted by Crippen LogP contribution is -2.32. The van der Waals surface area contributed by atoms with Crippen molar-refractivity contribution < 1.29 is 5.11 Å². The van der Waals surface area contributed by atoms with E-state index in [4.69, 9.17) is 0 Å². The van der Waals surface area contributed by atoms with E-state index in [0.717, 1.165) is 12.3 Å². The standard InChI is InChI=1S/C12H22O/c13-12-9-5-4-8-11(12)10-6-2-1-3-7-10/h10-13H,1-9H2/t11-,12+/m0/s1. The molecule has 0 radical (unpaired) electrons. The molecule has 0 bridgehead atoms. The lowest BCUT2D eigenvalue weighted by Gasteiger charge is -2.36. The van der Waals surface area contributed by atoms with Crippen molar-refractivity contribution >= 4 is 0 Å². The van der Waals surface area contributed by atoms with Crippen LogP contribution in [0.1, 0.15) is 57.8 Å². The highest BCUT2D eigenvalue weighted by atomic mass is 16.3. The zero-order valence-corrected chi connectivity index (χ0v) is 8.54. The van der Waals surface area contributed by atoms with Gasteiger partial charge in [-0.2, -0.15) is 0 Å². The van der Waals surface area contributed by atoms with Crippen molar-refractivity contribution in [3.8, 4) is 0 Å². The van der Waals surface area contributed by atoms with Crippen molar-refractivity contribution in [1.82, 2.24) is 0 Å². The van der Waals surface area contributed by atoms with Crippen LogP contribution in [0.25, 0.3) is 0 Å². The van der Waals surface area contributed by atoms with Crippen LogP contribution in [0, 0.1) is 11.8 Å². The Hall–Kier alpha value is -0.0400. The summed E-state index contributed by atoms with van der Waals surface area (Å²) in [7, 11) is 0. The molecule has 0 aromatic carbocycles. The molecular weight excluding hydrogens is 160 g/mol. The number of aliphatic hydroxyl groups is 1. The maximum atomic E-state index is 9.92. The molecule has 0 heterocycles. The van der Waals surface area contributed by atoms with E-state index in [1.807, 2.05) is 0 Å². The summed E-state index contributed by atoms with van der Waals surface area (Å²) in [5, 5.41) is 9.92. The van der Waals surface area contributed by atoms with Crippen LogP contribution in [0.5, 0.6) is 0 Å². The van der Waals surface area contributed by atoms with E-state index in [1.165, 1.54) is 51.4 Å². The average Bonchev–Trinajstić information content (AvgIpc) is 2.20. The second-order valence-electron chi connectivity index (χ2n) is 4.91. The molecule has 2 atom stereocenters. The molecule has 2 aliphatic carbocycles. The van der Waals surface area contributed by atoms with Gasteiger partial charge in [-0.15, -0.1) is 0 Å². The summed E-state index contributed by atoms with van der Waals surface area (Å²) in [6.45, 7) is 0. The first kappa shape index (κ1) is 9.51. The fraction of sp³-hybridized carbons (Fsp3) is 1.00. The zero-order valence-electron chi connectivity index (χ0n) is 8.54. The van der Waals surface area contributed by atoms with Crippen molar-refractivity contribution in [2.24, 2.45) is 11.8 Å². The van der Waals surface area contributed by atoms with Gasteiger partial charge >= 0.3 is 0 Å². The Labute approximate surface area is 81.5 Å². The first-order valence-corrected chi connectivity index (χ1v) is 6.06. The Bertz CT molecular complexity index is 149. The first-order valence-electron chi connectivity index (χ1n) is 6.06. The van der Waals surface area contributed by atoms with E-state index in [1.54, 1.807) is 0 Å². The van der Waals surface area contributed by atoms with Crippen LogP contribution in [0.4, 0.5) is 0 Å². The van der Waals surface area contributed by atoms with Gasteiger partial charge in [-0.3, -0.25) is 0 Å². The molecular formula is C12H22O. The lowest BCUT2D eigenvalue weighted by atomic mass is 9.72. The van der Waals surface area contributed by atoms with Gasteiger partial charge in [-0.25, -0.2) is 0 Å². The van der Waals surface area contributed by atoms with E-state index in [-0.39, 0.29) is 6.10 Å². The fourth-order valence-corrected chi connectivity index (χ4v) is 3.25. The topological polar surface area (TPSA) is 20.2 Å². The van der Waals surface area contributed by atoms with Crippen LogP contribution in [-0.4, -0.2) is 11.2 Å². The van der Waals surface area contributed by atoms with Crippen LogP contribution in [0.2, 0.25) is 0 Å². The molecule has 2 rings (SSSR count). The molecule has 0 unspecified atom stereocenters. The predicted molar refractivity (Wildman–Crippen MR) is 54.5 cm³/mol. The van der Waals surface area contributed by atoms with E-state index in [2.05, 4.69) is 0 Å². The highest BCUT2D eigenvalue weighted by Crippen LogP contribution is 2.38. The third kappa shape index (κ3) is 2.25. The third-order valence-electron chi connectivity index (χ3n) is 4.04. The molecule has 1 heteroatoms. The van der Waals surface area contributed by atoms with Gasteiger partial charge in [0.2, 0.25) is 0 Å².